The molecule has 16 heavy (non-hydrogen) atoms. The van der Waals surface area contributed by atoms with Gasteiger partial charge in [0.2, 0.25) is 0 Å². The van der Waals surface area contributed by atoms with E-state index < -0.39 is 0 Å². The maximum atomic E-state index is 11.6. The Bertz CT molecular complexity index is 535. The molecule has 2 rings (SSSR count). The molecule has 0 bridgehead atoms. The van der Waals surface area contributed by atoms with Gasteiger partial charge in [0.05, 0.1) is 17.3 Å². The number of imide groups is 1. The van der Waals surface area contributed by atoms with Gasteiger partial charge in [0.15, 0.2) is 0 Å². The molecule has 4 heteroatoms. The first kappa shape index (κ1) is 10.1. The second-order valence-corrected chi connectivity index (χ2v) is 3.46. The number of nitrogens with zero attached hydrogens (tertiary/aromatic N) is 2. The fraction of sp³-hybridized carbons (Fsp3) is 0.0833. The first-order chi connectivity index (χ1) is 7.63. The van der Waals surface area contributed by atoms with E-state index in [2.05, 4.69) is 0 Å². The summed E-state index contributed by atoms with van der Waals surface area (Å²) < 4.78 is 0. The molecule has 0 radical (unpaired) electrons. The summed E-state index contributed by atoms with van der Waals surface area (Å²) in [6.07, 6.45) is 1.31. The van der Waals surface area contributed by atoms with Crippen LogP contribution in [0, 0.1) is 11.3 Å². The lowest BCUT2D eigenvalue weighted by Crippen LogP contribution is -2.30. The van der Waals surface area contributed by atoms with Crippen molar-refractivity contribution in [1.29, 1.82) is 5.26 Å². The lowest BCUT2D eigenvalue weighted by Gasteiger charge is -2.13. The van der Waals surface area contributed by atoms with E-state index in [1.165, 1.54) is 6.08 Å². The van der Waals surface area contributed by atoms with E-state index >= 15 is 0 Å². The highest BCUT2D eigenvalue weighted by molar-refractivity contribution is 6.30. The lowest BCUT2D eigenvalue weighted by molar-refractivity contribution is -0.120. The molecule has 0 aliphatic carbocycles. The number of benzene rings is 1. The van der Waals surface area contributed by atoms with E-state index in [9.17, 15) is 9.59 Å². The molecular formula is C12H8N2O2. The molecule has 1 aliphatic rings. The number of amides is 2. The van der Waals surface area contributed by atoms with Crippen molar-refractivity contribution in [2.45, 2.75) is 6.92 Å². The highest BCUT2D eigenvalue weighted by Gasteiger charge is 2.29. The number of rotatable bonds is 1. The summed E-state index contributed by atoms with van der Waals surface area (Å²) in [5.41, 5.74) is 1.41. The average Bonchev–Trinajstić information content (AvgIpc) is 2.54. The zero-order chi connectivity index (χ0) is 11.7. The molecule has 0 aromatic heterocycles. The second kappa shape index (κ2) is 3.63. The van der Waals surface area contributed by atoms with E-state index in [-0.39, 0.29) is 11.8 Å². The van der Waals surface area contributed by atoms with Gasteiger partial charge in [-0.25, -0.2) is 4.90 Å². The Kier molecular flexibility index (Phi) is 2.29. The topological polar surface area (TPSA) is 61.2 Å². The van der Waals surface area contributed by atoms with E-state index in [4.69, 9.17) is 5.26 Å². The van der Waals surface area contributed by atoms with Crippen LogP contribution in [0.1, 0.15) is 12.5 Å². The third-order valence-corrected chi connectivity index (χ3v) is 2.36. The molecule has 0 saturated heterocycles. The van der Waals surface area contributed by atoms with Gasteiger partial charge in [-0.15, -0.1) is 0 Å². The van der Waals surface area contributed by atoms with Gasteiger partial charge in [0.1, 0.15) is 0 Å². The Morgan fingerprint density at radius 1 is 1.19 bits per heavy atom. The van der Waals surface area contributed by atoms with Crippen molar-refractivity contribution in [2.75, 3.05) is 4.90 Å². The first-order valence-electron chi connectivity index (χ1n) is 4.70. The Hall–Kier alpha value is -2.41. The fourth-order valence-corrected chi connectivity index (χ4v) is 1.52. The minimum Gasteiger partial charge on any atom is -0.269 e. The number of carbonyl (C=O) groups excluding carboxylic acids is 2. The van der Waals surface area contributed by atoms with Crippen LogP contribution in [0.5, 0.6) is 0 Å². The largest absolute Gasteiger partial charge is 0.269 e. The minimum atomic E-state index is -0.341. The maximum Gasteiger partial charge on any atom is 0.261 e. The highest BCUT2D eigenvalue weighted by atomic mass is 16.2. The third kappa shape index (κ3) is 1.48. The van der Waals surface area contributed by atoms with Crippen molar-refractivity contribution in [3.63, 3.8) is 0 Å². The first-order valence-corrected chi connectivity index (χ1v) is 4.70. The summed E-state index contributed by atoms with van der Waals surface area (Å²) in [5, 5.41) is 8.63. The van der Waals surface area contributed by atoms with Crippen molar-refractivity contribution in [2.24, 2.45) is 0 Å². The monoisotopic (exact) mass is 212 g/mol. The van der Waals surface area contributed by atoms with Gasteiger partial charge in [0.25, 0.3) is 11.8 Å². The summed E-state index contributed by atoms with van der Waals surface area (Å²) in [7, 11) is 0. The van der Waals surface area contributed by atoms with E-state index in [0.29, 0.717) is 16.8 Å². The van der Waals surface area contributed by atoms with E-state index in [1.807, 2.05) is 6.07 Å². The molecule has 0 fully saturated rings. The molecule has 2 amide bonds. The third-order valence-electron chi connectivity index (χ3n) is 2.36. The van der Waals surface area contributed by atoms with Crippen LogP contribution in [0.15, 0.2) is 35.9 Å². The van der Waals surface area contributed by atoms with Gasteiger partial charge in [-0.05, 0) is 31.2 Å². The summed E-state index contributed by atoms with van der Waals surface area (Å²) in [6.45, 7) is 1.60. The molecule has 1 aliphatic heterocycles. The number of carbonyl (C=O) groups is 2. The summed E-state index contributed by atoms with van der Waals surface area (Å²) >= 11 is 0. The van der Waals surface area contributed by atoms with Crippen LogP contribution in [0.25, 0.3) is 0 Å². The van der Waals surface area contributed by atoms with Crippen LogP contribution < -0.4 is 4.90 Å². The number of nitriles is 1. The van der Waals surface area contributed by atoms with Crippen molar-refractivity contribution in [3.05, 3.63) is 41.5 Å². The van der Waals surface area contributed by atoms with Crippen LogP contribution in [-0.4, -0.2) is 11.8 Å². The molecule has 0 N–H and O–H groups in total. The Morgan fingerprint density at radius 2 is 1.81 bits per heavy atom. The van der Waals surface area contributed by atoms with Crippen LogP contribution >= 0.6 is 0 Å². The van der Waals surface area contributed by atoms with Crippen molar-refractivity contribution >= 4 is 17.5 Å². The predicted octanol–water partition coefficient (Wildman–Crippen LogP) is 1.38. The average molecular weight is 212 g/mol. The van der Waals surface area contributed by atoms with Gasteiger partial charge in [0, 0.05) is 11.6 Å². The van der Waals surface area contributed by atoms with Crippen LogP contribution in [-0.2, 0) is 9.59 Å². The van der Waals surface area contributed by atoms with Gasteiger partial charge in [-0.3, -0.25) is 9.59 Å². The zero-order valence-corrected chi connectivity index (χ0v) is 8.60. The standard InChI is InChI=1S/C12H8N2O2/c1-8-6-11(15)14(12(8)16)10-4-2-9(7-13)3-5-10/h2-6H,1H3. The molecule has 1 aromatic rings. The minimum absolute atomic E-state index is 0.310. The summed E-state index contributed by atoms with van der Waals surface area (Å²) in [5.74, 6) is -0.651. The van der Waals surface area contributed by atoms with Crippen LogP contribution in [0.2, 0.25) is 0 Å². The predicted molar refractivity (Wildman–Crippen MR) is 57.4 cm³/mol. The van der Waals surface area contributed by atoms with Crippen LogP contribution in [0.3, 0.4) is 0 Å². The summed E-state index contributed by atoms with van der Waals surface area (Å²) in [4.78, 5) is 24.2. The number of hydrogen-bond donors (Lipinski definition) is 0. The SMILES string of the molecule is CC1=CC(=O)N(c2ccc(C#N)cc2)C1=O. The zero-order valence-electron chi connectivity index (χ0n) is 8.60. The van der Waals surface area contributed by atoms with Gasteiger partial charge < -0.3 is 0 Å². The Morgan fingerprint density at radius 3 is 2.25 bits per heavy atom. The van der Waals surface area contributed by atoms with E-state index in [1.54, 1.807) is 31.2 Å². The highest BCUT2D eigenvalue weighted by Crippen LogP contribution is 2.22. The maximum absolute atomic E-state index is 11.6. The van der Waals surface area contributed by atoms with Crippen molar-refractivity contribution < 1.29 is 9.59 Å². The summed E-state index contributed by atoms with van der Waals surface area (Å²) in [6, 6.07) is 8.29. The number of anilines is 1. The van der Waals surface area contributed by atoms with Crippen LogP contribution in [0.4, 0.5) is 5.69 Å². The lowest BCUT2D eigenvalue weighted by atomic mass is 10.2. The van der Waals surface area contributed by atoms with Crippen molar-refractivity contribution in [3.8, 4) is 6.07 Å². The molecule has 1 aromatic carbocycles. The molecular weight excluding hydrogens is 204 g/mol. The molecule has 78 valence electrons. The number of hydrogen-bond acceptors (Lipinski definition) is 3. The Balaban J connectivity index is 2.36. The molecule has 0 unspecified atom stereocenters. The quantitative estimate of drug-likeness (QED) is 0.660. The van der Waals surface area contributed by atoms with Gasteiger partial charge in [-0.1, -0.05) is 0 Å². The molecule has 4 nitrogen and oxygen atoms in total. The molecule has 0 spiro atoms. The fourth-order valence-electron chi connectivity index (χ4n) is 1.52. The molecule has 0 saturated carbocycles. The Labute approximate surface area is 92.4 Å². The van der Waals surface area contributed by atoms with E-state index in [0.717, 1.165) is 4.90 Å². The molecule has 1 heterocycles. The van der Waals surface area contributed by atoms with Crippen molar-refractivity contribution in [1.82, 2.24) is 0 Å². The van der Waals surface area contributed by atoms with Gasteiger partial charge in [-0.2, -0.15) is 5.26 Å². The van der Waals surface area contributed by atoms with Gasteiger partial charge >= 0.3 is 0 Å². The smallest absolute Gasteiger partial charge is 0.261 e. The normalized spacial score (nSPS) is 15.0. The second-order valence-electron chi connectivity index (χ2n) is 3.46. The molecule has 0 atom stereocenters.